The van der Waals surface area contributed by atoms with Gasteiger partial charge in [-0.1, -0.05) is 24.3 Å². The number of halogens is 3. The molecule has 0 aliphatic carbocycles. The Morgan fingerprint density at radius 2 is 1.79 bits per heavy atom. The van der Waals surface area contributed by atoms with Gasteiger partial charge < -0.3 is 15.7 Å². The van der Waals surface area contributed by atoms with E-state index in [1.807, 2.05) is 0 Å². The maximum Gasteiger partial charge on any atom is 0.421 e. The second kappa shape index (κ2) is 10.1. The monoisotopic (exact) mass is 494 g/mol. The number of rotatable bonds is 9. The van der Waals surface area contributed by atoms with Crippen molar-refractivity contribution in [2.24, 2.45) is 0 Å². The minimum absolute atomic E-state index is 0.0170. The molecule has 0 spiro atoms. The lowest BCUT2D eigenvalue weighted by Crippen LogP contribution is -2.14. The van der Waals surface area contributed by atoms with Gasteiger partial charge >= 0.3 is 12.1 Å². The predicted octanol–water partition coefficient (Wildman–Crippen LogP) is 4.27. The van der Waals surface area contributed by atoms with Crippen LogP contribution in [0.4, 0.5) is 30.6 Å². The molecule has 3 rings (SSSR count). The average molecular weight is 494 g/mol. The van der Waals surface area contributed by atoms with Crippen LogP contribution in [0.5, 0.6) is 0 Å². The first-order chi connectivity index (χ1) is 15.9. The van der Waals surface area contributed by atoms with E-state index in [2.05, 4.69) is 20.6 Å². The van der Waals surface area contributed by atoms with Gasteiger partial charge in [-0.25, -0.2) is 13.4 Å². The number of anilines is 3. The zero-order valence-electron chi connectivity index (χ0n) is 17.9. The van der Waals surface area contributed by atoms with Crippen LogP contribution >= 0.6 is 0 Å². The van der Waals surface area contributed by atoms with Crippen molar-refractivity contribution >= 4 is 33.3 Å². The molecule has 0 amide bonds. The molecule has 34 heavy (non-hydrogen) atoms. The number of aryl methyl sites for hydroxylation is 1. The number of nitrogens with zero attached hydrogens (tertiary/aromatic N) is 2. The fourth-order valence-electron chi connectivity index (χ4n) is 2.99. The Bertz CT molecular complexity index is 1280. The standard InChI is InChI=1S/C22H21F3N4O4S/c1-34(32,33)17-4-2-3-15(11-17)12-26-20-18(22(23,24)25)13-27-21(29-20)28-16-8-5-14(6-9-16)7-10-19(30)31/h2-6,8-9,11,13H,7,10,12H2,1H3,(H,30,31)(H2,26,27,28,29). The number of carboxylic acids is 1. The van der Waals surface area contributed by atoms with Crippen molar-refractivity contribution in [1.29, 1.82) is 0 Å². The smallest absolute Gasteiger partial charge is 0.421 e. The fraction of sp³-hybridized carbons (Fsp3) is 0.227. The molecule has 0 saturated heterocycles. The average Bonchev–Trinajstić information content (AvgIpc) is 2.76. The number of benzene rings is 2. The van der Waals surface area contributed by atoms with Crippen LogP contribution in [0.3, 0.4) is 0 Å². The van der Waals surface area contributed by atoms with Crippen molar-refractivity contribution in [1.82, 2.24) is 9.97 Å². The third kappa shape index (κ3) is 6.91. The minimum Gasteiger partial charge on any atom is -0.481 e. The van der Waals surface area contributed by atoms with Crippen LogP contribution in [0.1, 0.15) is 23.1 Å². The zero-order valence-corrected chi connectivity index (χ0v) is 18.7. The molecule has 0 unspecified atom stereocenters. The van der Waals surface area contributed by atoms with Gasteiger partial charge in [-0.15, -0.1) is 0 Å². The van der Waals surface area contributed by atoms with E-state index in [0.29, 0.717) is 23.9 Å². The molecule has 1 heterocycles. The molecule has 3 N–H and O–H groups in total. The van der Waals surface area contributed by atoms with Crippen molar-refractivity contribution in [2.45, 2.75) is 30.5 Å². The van der Waals surface area contributed by atoms with E-state index in [0.717, 1.165) is 11.8 Å². The van der Waals surface area contributed by atoms with E-state index in [4.69, 9.17) is 5.11 Å². The summed E-state index contributed by atoms with van der Waals surface area (Å²) >= 11 is 0. The highest BCUT2D eigenvalue weighted by molar-refractivity contribution is 7.90. The lowest BCUT2D eigenvalue weighted by molar-refractivity contribution is -0.138. The first-order valence-electron chi connectivity index (χ1n) is 9.97. The number of hydrogen-bond acceptors (Lipinski definition) is 7. The zero-order chi connectivity index (χ0) is 24.9. The number of nitrogens with one attached hydrogen (secondary N) is 2. The molecular formula is C22H21F3N4O4S. The second-order valence-corrected chi connectivity index (χ2v) is 9.46. The topological polar surface area (TPSA) is 121 Å². The first kappa shape index (κ1) is 25.0. The molecule has 12 heteroatoms. The highest BCUT2D eigenvalue weighted by atomic mass is 32.2. The summed E-state index contributed by atoms with van der Waals surface area (Å²) in [6, 6.07) is 12.5. The number of aromatic nitrogens is 2. The molecule has 0 saturated carbocycles. The number of hydrogen-bond donors (Lipinski definition) is 3. The molecule has 0 aliphatic heterocycles. The van der Waals surface area contributed by atoms with Crippen LogP contribution < -0.4 is 10.6 Å². The van der Waals surface area contributed by atoms with Gasteiger partial charge in [0.2, 0.25) is 5.95 Å². The Labute approximate surface area is 193 Å². The number of carbonyl (C=O) groups is 1. The molecule has 1 aromatic heterocycles. The van der Waals surface area contributed by atoms with Crippen LogP contribution in [0.25, 0.3) is 0 Å². The maximum atomic E-state index is 13.5. The summed E-state index contributed by atoms with van der Waals surface area (Å²) in [5, 5.41) is 14.2. The van der Waals surface area contributed by atoms with E-state index in [1.165, 1.54) is 18.2 Å². The SMILES string of the molecule is CS(=O)(=O)c1cccc(CNc2nc(Nc3ccc(CCC(=O)O)cc3)ncc2C(F)(F)F)c1. The number of aliphatic carboxylic acids is 1. The number of carboxylic acid groups (broad SMARTS) is 1. The molecule has 0 aliphatic rings. The van der Waals surface area contributed by atoms with Crippen molar-refractivity contribution in [2.75, 3.05) is 16.9 Å². The highest BCUT2D eigenvalue weighted by Crippen LogP contribution is 2.34. The molecule has 0 fully saturated rings. The van der Waals surface area contributed by atoms with E-state index < -0.39 is 33.4 Å². The maximum absolute atomic E-state index is 13.5. The Hall–Kier alpha value is -3.67. The Morgan fingerprint density at radius 3 is 2.41 bits per heavy atom. The minimum atomic E-state index is -4.71. The first-order valence-corrected chi connectivity index (χ1v) is 11.9. The quantitative estimate of drug-likeness (QED) is 0.403. The van der Waals surface area contributed by atoms with Crippen LogP contribution in [0, 0.1) is 0 Å². The lowest BCUT2D eigenvalue weighted by Gasteiger charge is -2.15. The van der Waals surface area contributed by atoms with Gasteiger partial charge in [0.25, 0.3) is 0 Å². The molecule has 0 atom stereocenters. The van der Waals surface area contributed by atoms with E-state index >= 15 is 0 Å². The molecule has 2 aromatic carbocycles. The van der Waals surface area contributed by atoms with Gasteiger partial charge in [-0.2, -0.15) is 18.2 Å². The van der Waals surface area contributed by atoms with Crippen LogP contribution in [-0.2, 0) is 33.8 Å². The molecule has 8 nitrogen and oxygen atoms in total. The van der Waals surface area contributed by atoms with E-state index in [1.54, 1.807) is 30.3 Å². The van der Waals surface area contributed by atoms with Crippen molar-refractivity contribution < 1.29 is 31.5 Å². The summed E-state index contributed by atoms with van der Waals surface area (Å²) < 4.78 is 63.8. The second-order valence-electron chi connectivity index (χ2n) is 7.44. The third-order valence-corrected chi connectivity index (χ3v) is 5.83. The van der Waals surface area contributed by atoms with Gasteiger partial charge in [0.05, 0.1) is 4.90 Å². The van der Waals surface area contributed by atoms with Crippen LogP contribution in [0.2, 0.25) is 0 Å². The summed E-state index contributed by atoms with van der Waals surface area (Å²) in [6.07, 6.45) is -2.67. The van der Waals surface area contributed by atoms with Crippen molar-refractivity contribution in [3.63, 3.8) is 0 Å². The van der Waals surface area contributed by atoms with Crippen molar-refractivity contribution in [3.05, 3.63) is 71.4 Å². The normalized spacial score (nSPS) is 11.8. The highest BCUT2D eigenvalue weighted by Gasteiger charge is 2.35. The summed E-state index contributed by atoms with van der Waals surface area (Å²) in [5.74, 6) is -1.46. The summed E-state index contributed by atoms with van der Waals surface area (Å²) in [7, 11) is -3.46. The Balaban J connectivity index is 1.79. The third-order valence-electron chi connectivity index (χ3n) is 4.72. The lowest BCUT2D eigenvalue weighted by atomic mass is 10.1. The number of sulfone groups is 1. The van der Waals surface area contributed by atoms with Crippen molar-refractivity contribution in [3.8, 4) is 0 Å². The van der Waals surface area contributed by atoms with Gasteiger partial charge in [-0.05, 0) is 41.8 Å². The molecule has 3 aromatic rings. The fourth-order valence-corrected chi connectivity index (χ4v) is 3.68. The van der Waals surface area contributed by atoms with Gasteiger partial charge in [0.1, 0.15) is 11.4 Å². The summed E-state index contributed by atoms with van der Waals surface area (Å²) in [5.41, 5.74) is 0.688. The van der Waals surface area contributed by atoms with E-state index in [9.17, 15) is 26.4 Å². The van der Waals surface area contributed by atoms with Crippen LogP contribution in [0.15, 0.2) is 59.6 Å². The summed E-state index contributed by atoms with van der Waals surface area (Å²) in [4.78, 5) is 18.4. The Kier molecular flexibility index (Phi) is 7.40. The molecule has 0 bridgehead atoms. The largest absolute Gasteiger partial charge is 0.481 e. The van der Waals surface area contributed by atoms with E-state index in [-0.39, 0.29) is 23.8 Å². The number of alkyl halides is 3. The molecule has 180 valence electrons. The summed E-state index contributed by atoms with van der Waals surface area (Å²) in [6.45, 7) is -0.0961. The van der Waals surface area contributed by atoms with Gasteiger partial charge in [-0.3, -0.25) is 4.79 Å². The van der Waals surface area contributed by atoms with Gasteiger partial charge in [0.15, 0.2) is 9.84 Å². The van der Waals surface area contributed by atoms with Crippen LogP contribution in [-0.4, -0.2) is 35.7 Å². The Morgan fingerprint density at radius 1 is 1.09 bits per heavy atom. The molecule has 0 radical (unpaired) electrons. The predicted molar refractivity (Wildman–Crippen MR) is 120 cm³/mol. The van der Waals surface area contributed by atoms with Gasteiger partial charge in [0, 0.05) is 31.1 Å². The molecular weight excluding hydrogens is 473 g/mol.